The van der Waals surface area contributed by atoms with Gasteiger partial charge in [-0.1, -0.05) is 18.2 Å². The Morgan fingerprint density at radius 1 is 1.24 bits per heavy atom. The first-order valence-corrected chi connectivity index (χ1v) is 6.70. The molecule has 2 aromatic rings. The molecule has 108 valence electrons. The summed E-state index contributed by atoms with van der Waals surface area (Å²) in [6.07, 6.45) is 1.62. The van der Waals surface area contributed by atoms with Crippen LogP contribution in [0.3, 0.4) is 0 Å². The lowest BCUT2D eigenvalue weighted by Crippen LogP contribution is -2.29. The fraction of sp³-hybridized carbons (Fsp3) is 0.200. The van der Waals surface area contributed by atoms with Gasteiger partial charge in [-0.25, -0.2) is 14.8 Å². The van der Waals surface area contributed by atoms with Crippen molar-refractivity contribution in [2.75, 3.05) is 11.9 Å². The molecule has 5 nitrogen and oxygen atoms in total. The Hall–Kier alpha value is -2.31. The molecule has 3 rings (SSSR count). The number of hydrazine groups is 1. The van der Waals surface area contributed by atoms with Gasteiger partial charge >= 0.3 is 0 Å². The Kier molecular flexibility index (Phi) is 3.89. The molecule has 0 aliphatic carbocycles. The minimum atomic E-state index is -0.294. The summed E-state index contributed by atoms with van der Waals surface area (Å²) in [6.45, 7) is 0.501. The van der Waals surface area contributed by atoms with E-state index in [0.29, 0.717) is 12.4 Å². The summed E-state index contributed by atoms with van der Waals surface area (Å²) in [4.78, 5) is 16.4. The van der Waals surface area contributed by atoms with Crippen molar-refractivity contribution in [1.29, 1.82) is 0 Å². The highest BCUT2D eigenvalue weighted by Gasteiger charge is 2.34. The molecule has 1 aromatic carbocycles. The van der Waals surface area contributed by atoms with E-state index < -0.39 is 0 Å². The van der Waals surface area contributed by atoms with E-state index in [2.05, 4.69) is 21.2 Å². The molecule has 0 saturated carbocycles. The molecule has 1 aliphatic heterocycles. The highest BCUT2D eigenvalue weighted by Crippen LogP contribution is 2.26. The molecule has 21 heavy (non-hydrogen) atoms. The fourth-order valence-corrected chi connectivity index (χ4v) is 2.38. The van der Waals surface area contributed by atoms with Crippen molar-refractivity contribution < 1.29 is 9.18 Å². The SMILES string of the molecule is O=C(Nc1ccccn1)C1CNNC1c1ccc(F)cc1. The van der Waals surface area contributed by atoms with Crippen molar-refractivity contribution >= 4 is 11.7 Å². The smallest absolute Gasteiger partial charge is 0.231 e. The molecular weight excluding hydrogens is 271 g/mol. The van der Waals surface area contributed by atoms with Gasteiger partial charge in [0.2, 0.25) is 5.91 Å². The summed E-state index contributed by atoms with van der Waals surface area (Å²) in [6, 6.07) is 11.3. The van der Waals surface area contributed by atoms with Gasteiger partial charge < -0.3 is 5.32 Å². The number of hydrogen-bond acceptors (Lipinski definition) is 4. The molecule has 0 bridgehead atoms. The first-order valence-electron chi connectivity index (χ1n) is 6.70. The zero-order valence-electron chi connectivity index (χ0n) is 11.2. The zero-order chi connectivity index (χ0) is 14.7. The number of carbonyl (C=O) groups excluding carboxylic acids is 1. The number of nitrogens with one attached hydrogen (secondary N) is 3. The second kappa shape index (κ2) is 5.99. The van der Waals surface area contributed by atoms with Crippen molar-refractivity contribution in [3.05, 3.63) is 60.0 Å². The number of nitrogens with zero attached hydrogens (tertiary/aromatic N) is 1. The number of pyridine rings is 1. The van der Waals surface area contributed by atoms with Gasteiger partial charge in [0.05, 0.1) is 12.0 Å². The molecule has 1 fully saturated rings. The first kappa shape index (κ1) is 13.7. The molecule has 0 radical (unpaired) electrons. The van der Waals surface area contributed by atoms with Crippen LogP contribution in [0.15, 0.2) is 48.7 Å². The lowest BCUT2D eigenvalue weighted by atomic mass is 9.94. The van der Waals surface area contributed by atoms with Crippen LogP contribution in [0, 0.1) is 11.7 Å². The van der Waals surface area contributed by atoms with Gasteiger partial charge in [-0.15, -0.1) is 0 Å². The predicted molar refractivity (Wildman–Crippen MR) is 76.6 cm³/mol. The number of anilines is 1. The van der Waals surface area contributed by atoms with Crippen LogP contribution in [0.4, 0.5) is 10.2 Å². The Bertz CT molecular complexity index is 617. The number of amides is 1. The fourth-order valence-electron chi connectivity index (χ4n) is 2.38. The van der Waals surface area contributed by atoms with Gasteiger partial charge in [0.25, 0.3) is 0 Å². The molecule has 6 heteroatoms. The van der Waals surface area contributed by atoms with Crippen molar-refractivity contribution in [2.45, 2.75) is 6.04 Å². The molecule has 2 unspecified atom stereocenters. The molecule has 0 spiro atoms. The summed E-state index contributed by atoms with van der Waals surface area (Å²) >= 11 is 0. The second-order valence-electron chi connectivity index (χ2n) is 4.87. The number of hydrogen-bond donors (Lipinski definition) is 3. The Morgan fingerprint density at radius 3 is 2.76 bits per heavy atom. The normalized spacial score (nSPS) is 21.2. The van der Waals surface area contributed by atoms with Crippen LogP contribution >= 0.6 is 0 Å². The minimum Gasteiger partial charge on any atom is -0.310 e. The summed E-state index contributed by atoms with van der Waals surface area (Å²) in [5.74, 6) is -0.190. The first-order chi connectivity index (χ1) is 10.2. The van der Waals surface area contributed by atoms with Gasteiger partial charge in [-0.3, -0.25) is 10.2 Å². The maximum absolute atomic E-state index is 13.0. The minimum absolute atomic E-state index is 0.125. The van der Waals surface area contributed by atoms with Crippen molar-refractivity contribution in [1.82, 2.24) is 15.8 Å². The van der Waals surface area contributed by atoms with Crippen LogP contribution in [0.25, 0.3) is 0 Å². The summed E-state index contributed by atoms with van der Waals surface area (Å²) in [5, 5.41) is 2.79. The lowest BCUT2D eigenvalue weighted by Gasteiger charge is -2.18. The van der Waals surface area contributed by atoms with Crippen molar-refractivity contribution in [3.8, 4) is 0 Å². The van der Waals surface area contributed by atoms with Gasteiger partial charge in [-0.2, -0.15) is 0 Å². The number of benzene rings is 1. The van der Waals surface area contributed by atoms with E-state index in [-0.39, 0.29) is 23.7 Å². The number of aromatic nitrogens is 1. The maximum atomic E-state index is 13.0. The third-order valence-corrected chi connectivity index (χ3v) is 3.46. The molecular formula is C15H15FN4O. The van der Waals surface area contributed by atoms with Gasteiger partial charge in [0.1, 0.15) is 11.6 Å². The number of halogens is 1. The van der Waals surface area contributed by atoms with Crippen LogP contribution in [0.1, 0.15) is 11.6 Å². The topological polar surface area (TPSA) is 66.0 Å². The maximum Gasteiger partial charge on any atom is 0.231 e. The molecule has 3 N–H and O–H groups in total. The van der Waals surface area contributed by atoms with E-state index in [1.165, 1.54) is 12.1 Å². The molecule has 1 aromatic heterocycles. The average molecular weight is 286 g/mol. The summed E-state index contributed by atoms with van der Waals surface area (Å²) in [5.41, 5.74) is 6.90. The average Bonchev–Trinajstić information content (AvgIpc) is 2.98. The van der Waals surface area contributed by atoms with Crippen molar-refractivity contribution in [3.63, 3.8) is 0 Å². The Balaban J connectivity index is 1.74. The quantitative estimate of drug-likeness (QED) is 0.802. The monoisotopic (exact) mass is 286 g/mol. The van der Waals surface area contributed by atoms with E-state index in [1.807, 2.05) is 6.07 Å². The van der Waals surface area contributed by atoms with E-state index in [4.69, 9.17) is 0 Å². The highest BCUT2D eigenvalue weighted by molar-refractivity contribution is 5.92. The summed E-state index contributed by atoms with van der Waals surface area (Å²) in [7, 11) is 0. The van der Waals surface area contributed by atoms with Crippen molar-refractivity contribution in [2.24, 2.45) is 5.92 Å². The van der Waals surface area contributed by atoms with Crippen LogP contribution in [0.5, 0.6) is 0 Å². The lowest BCUT2D eigenvalue weighted by molar-refractivity contribution is -0.119. The number of carbonyl (C=O) groups is 1. The van der Waals surface area contributed by atoms with Crippen LogP contribution < -0.4 is 16.2 Å². The zero-order valence-corrected chi connectivity index (χ0v) is 11.2. The van der Waals surface area contributed by atoms with Crippen LogP contribution in [-0.2, 0) is 4.79 Å². The molecule has 1 saturated heterocycles. The predicted octanol–water partition coefficient (Wildman–Crippen LogP) is 1.62. The molecule has 2 heterocycles. The van der Waals surface area contributed by atoms with Gasteiger partial charge in [-0.05, 0) is 29.8 Å². The third-order valence-electron chi connectivity index (χ3n) is 3.46. The largest absolute Gasteiger partial charge is 0.310 e. The van der Waals surface area contributed by atoms with Crippen LogP contribution in [0.2, 0.25) is 0 Å². The van der Waals surface area contributed by atoms with E-state index >= 15 is 0 Å². The summed E-state index contributed by atoms with van der Waals surface area (Å²) < 4.78 is 13.0. The molecule has 2 atom stereocenters. The van der Waals surface area contributed by atoms with E-state index in [9.17, 15) is 9.18 Å². The standard InChI is InChI=1S/C15H15FN4O/c16-11-6-4-10(5-7-11)14-12(9-18-20-14)15(21)19-13-3-1-2-8-17-13/h1-8,12,14,18,20H,9H2,(H,17,19,21). The van der Waals surface area contributed by atoms with E-state index in [0.717, 1.165) is 5.56 Å². The molecule has 1 amide bonds. The highest BCUT2D eigenvalue weighted by atomic mass is 19.1. The third kappa shape index (κ3) is 3.07. The van der Waals surface area contributed by atoms with E-state index in [1.54, 1.807) is 30.5 Å². The number of rotatable bonds is 3. The second-order valence-corrected chi connectivity index (χ2v) is 4.87. The van der Waals surface area contributed by atoms with Gasteiger partial charge in [0, 0.05) is 12.7 Å². The van der Waals surface area contributed by atoms with Crippen LogP contribution in [-0.4, -0.2) is 17.4 Å². The molecule has 1 aliphatic rings. The Morgan fingerprint density at radius 2 is 2.05 bits per heavy atom. The Labute approximate surface area is 121 Å². The van der Waals surface area contributed by atoms with Gasteiger partial charge in [0.15, 0.2) is 0 Å².